The average Bonchev–Trinajstić information content (AvgIpc) is 2.62. The molecule has 0 saturated heterocycles. The van der Waals surface area contributed by atoms with Gasteiger partial charge in [-0.1, -0.05) is 58.3 Å². The van der Waals surface area contributed by atoms with Crippen molar-refractivity contribution < 1.29 is 32.7 Å². The van der Waals surface area contributed by atoms with Crippen LogP contribution in [0.15, 0.2) is 24.3 Å². The van der Waals surface area contributed by atoms with Crippen LogP contribution in [0.4, 0.5) is 0 Å². The van der Waals surface area contributed by atoms with E-state index >= 15 is 0 Å². The molecule has 0 radical (unpaired) electrons. The molecule has 3 rings (SSSR count). The van der Waals surface area contributed by atoms with E-state index in [1.165, 1.54) is 77.0 Å². The summed E-state index contributed by atoms with van der Waals surface area (Å²) in [6.45, 7) is 2.43. The van der Waals surface area contributed by atoms with Crippen molar-refractivity contribution in [3.05, 3.63) is 35.9 Å². The summed E-state index contributed by atoms with van der Waals surface area (Å²) < 4.78 is 0. The Hall–Kier alpha value is 0.324. The first kappa shape index (κ1) is 20.6. The van der Waals surface area contributed by atoms with Crippen LogP contribution in [-0.4, -0.2) is 0 Å². The molecule has 1 aromatic carbocycles. The zero-order valence-corrected chi connectivity index (χ0v) is 18.5. The molecule has 1 heteroatoms. The second-order valence-electron chi connectivity index (χ2n) is 8.46. The summed E-state index contributed by atoms with van der Waals surface area (Å²) in [5.74, 6) is 3.92. The maximum Gasteiger partial charge on any atom is 3.00 e. The average molecular weight is 400 g/mol. The summed E-state index contributed by atoms with van der Waals surface area (Å²) in [5, 5.41) is 0. The fraction of sp³-hybridized carbons (Fsp3) is 0.739. The molecule has 2 aliphatic rings. The SMILES string of the molecule is CC1CCC(CCCCC2CCC(c3cc[c-]cc3)CC2)CC1.[Y+3]. The molecular weight excluding hydrogens is 365 g/mol. The number of rotatable bonds is 6. The molecule has 128 valence electrons. The molecule has 0 nitrogen and oxygen atoms in total. The Morgan fingerprint density at radius 2 is 1.29 bits per heavy atom. The number of benzene rings is 1. The third-order valence-corrected chi connectivity index (χ3v) is 6.67. The van der Waals surface area contributed by atoms with Gasteiger partial charge in [-0.3, -0.25) is 0 Å². The second-order valence-corrected chi connectivity index (χ2v) is 8.46. The van der Waals surface area contributed by atoms with Gasteiger partial charge < -0.3 is 0 Å². The first-order chi connectivity index (χ1) is 11.3. The van der Waals surface area contributed by atoms with E-state index in [0.717, 1.165) is 23.7 Å². The smallest absolute Gasteiger partial charge is 0.184 e. The summed E-state index contributed by atoms with van der Waals surface area (Å²) in [5.41, 5.74) is 1.55. The van der Waals surface area contributed by atoms with Gasteiger partial charge in [0.05, 0.1) is 0 Å². The van der Waals surface area contributed by atoms with Crippen LogP contribution in [0, 0.1) is 23.8 Å². The Labute approximate surface area is 175 Å². The number of hydrogen-bond acceptors (Lipinski definition) is 0. The van der Waals surface area contributed by atoms with Crippen LogP contribution in [0.5, 0.6) is 0 Å². The molecule has 0 unspecified atom stereocenters. The zero-order valence-electron chi connectivity index (χ0n) is 15.7. The topological polar surface area (TPSA) is 0 Å². The van der Waals surface area contributed by atoms with E-state index in [0.29, 0.717) is 0 Å². The minimum atomic E-state index is 0. The van der Waals surface area contributed by atoms with Gasteiger partial charge >= 0.3 is 32.7 Å². The minimum Gasteiger partial charge on any atom is -0.184 e. The normalized spacial score (nSPS) is 30.5. The number of hydrogen-bond donors (Lipinski definition) is 0. The summed E-state index contributed by atoms with van der Waals surface area (Å²) in [6, 6.07) is 11.8. The van der Waals surface area contributed by atoms with Gasteiger partial charge in [-0.2, -0.15) is 35.9 Å². The van der Waals surface area contributed by atoms with E-state index < -0.39 is 0 Å². The number of unbranched alkanes of at least 4 members (excludes halogenated alkanes) is 1. The van der Waals surface area contributed by atoms with Crippen LogP contribution in [0.2, 0.25) is 0 Å². The molecule has 0 aromatic heterocycles. The van der Waals surface area contributed by atoms with Gasteiger partial charge in [0.1, 0.15) is 0 Å². The minimum absolute atomic E-state index is 0. The first-order valence-electron chi connectivity index (χ1n) is 10.3. The van der Waals surface area contributed by atoms with E-state index in [1.54, 1.807) is 5.56 Å². The van der Waals surface area contributed by atoms with Crippen LogP contribution < -0.4 is 0 Å². The van der Waals surface area contributed by atoms with Crippen LogP contribution >= 0.6 is 0 Å². The maximum absolute atomic E-state index is 3.14. The second kappa shape index (κ2) is 11.1. The van der Waals surface area contributed by atoms with E-state index in [9.17, 15) is 0 Å². The van der Waals surface area contributed by atoms with Gasteiger partial charge in [-0.25, -0.2) is 0 Å². The molecule has 0 amide bonds. The summed E-state index contributed by atoms with van der Waals surface area (Å²) in [4.78, 5) is 0. The molecule has 2 saturated carbocycles. The standard InChI is InChI=1S/C23H35.Y/c1-19-11-13-20(14-12-19)7-5-6-8-21-15-17-23(18-16-21)22-9-3-2-4-10-22;/h3-4,9-10,19-21,23H,5-8,11-18H2,1H3;/q-1;+3. The van der Waals surface area contributed by atoms with Gasteiger partial charge in [0.25, 0.3) is 0 Å². The monoisotopic (exact) mass is 400 g/mol. The molecule has 2 aliphatic carbocycles. The molecule has 1 aromatic rings. The molecule has 0 atom stereocenters. The Balaban J connectivity index is 0.00000208. The van der Waals surface area contributed by atoms with Gasteiger partial charge in [-0.15, -0.1) is 0 Å². The van der Waals surface area contributed by atoms with Crippen LogP contribution in [0.3, 0.4) is 0 Å². The summed E-state index contributed by atoms with van der Waals surface area (Å²) in [6.07, 6.45) is 17.8. The van der Waals surface area contributed by atoms with Crippen molar-refractivity contribution in [3.63, 3.8) is 0 Å². The van der Waals surface area contributed by atoms with E-state index in [1.807, 2.05) is 0 Å². The van der Waals surface area contributed by atoms with Crippen molar-refractivity contribution in [1.29, 1.82) is 0 Å². The fourth-order valence-electron chi connectivity index (χ4n) is 4.94. The van der Waals surface area contributed by atoms with E-state index in [2.05, 4.69) is 37.3 Å². The zero-order chi connectivity index (χ0) is 15.9. The quantitative estimate of drug-likeness (QED) is 0.351. The molecule has 0 aliphatic heterocycles. The Kier molecular flexibility index (Phi) is 9.56. The van der Waals surface area contributed by atoms with E-state index in [4.69, 9.17) is 0 Å². The third-order valence-electron chi connectivity index (χ3n) is 6.67. The van der Waals surface area contributed by atoms with Crippen molar-refractivity contribution in [2.45, 2.75) is 89.9 Å². The molecule has 0 heterocycles. The van der Waals surface area contributed by atoms with Gasteiger partial charge in [0, 0.05) is 0 Å². The molecule has 24 heavy (non-hydrogen) atoms. The van der Waals surface area contributed by atoms with Crippen molar-refractivity contribution >= 4 is 0 Å². The Morgan fingerprint density at radius 1 is 0.792 bits per heavy atom. The first-order valence-corrected chi connectivity index (χ1v) is 10.3. The molecule has 0 bridgehead atoms. The predicted molar refractivity (Wildman–Crippen MR) is 99.6 cm³/mol. The molecule has 0 N–H and O–H groups in total. The molecule has 2 fully saturated rings. The Bertz CT molecular complexity index is 425. The molecular formula is C23H35Y+2. The molecule has 0 spiro atoms. The van der Waals surface area contributed by atoms with Gasteiger partial charge in [-0.05, 0) is 49.4 Å². The van der Waals surface area contributed by atoms with Crippen molar-refractivity contribution in [2.75, 3.05) is 0 Å². The summed E-state index contributed by atoms with van der Waals surface area (Å²) >= 11 is 0. The van der Waals surface area contributed by atoms with Crippen molar-refractivity contribution in [2.24, 2.45) is 17.8 Å². The van der Waals surface area contributed by atoms with Crippen LogP contribution in [0.1, 0.15) is 95.5 Å². The van der Waals surface area contributed by atoms with Crippen LogP contribution in [-0.2, 0) is 32.7 Å². The van der Waals surface area contributed by atoms with Crippen molar-refractivity contribution in [1.82, 2.24) is 0 Å². The maximum atomic E-state index is 3.14. The van der Waals surface area contributed by atoms with Gasteiger partial charge in [0.2, 0.25) is 0 Å². The van der Waals surface area contributed by atoms with Crippen molar-refractivity contribution in [3.8, 4) is 0 Å². The summed E-state index contributed by atoms with van der Waals surface area (Å²) in [7, 11) is 0. The predicted octanol–water partition coefficient (Wildman–Crippen LogP) is 7.14. The van der Waals surface area contributed by atoms with E-state index in [-0.39, 0.29) is 32.7 Å². The van der Waals surface area contributed by atoms with Gasteiger partial charge in [0.15, 0.2) is 0 Å². The Morgan fingerprint density at radius 3 is 1.83 bits per heavy atom. The third kappa shape index (κ3) is 6.56. The van der Waals surface area contributed by atoms with Crippen LogP contribution in [0.25, 0.3) is 0 Å². The fourth-order valence-corrected chi connectivity index (χ4v) is 4.94. The largest absolute Gasteiger partial charge is 3.00 e.